The van der Waals surface area contributed by atoms with E-state index in [9.17, 15) is 9.18 Å². The Morgan fingerprint density at radius 1 is 1.17 bits per heavy atom. The number of carbonyl (C=O) groups is 1. The van der Waals surface area contributed by atoms with Gasteiger partial charge in [-0.15, -0.1) is 0 Å². The molecular formula is C15H17FO2. The summed E-state index contributed by atoms with van der Waals surface area (Å²) in [5, 5.41) is 8.80. The lowest BCUT2D eigenvalue weighted by molar-refractivity contribution is -0.131. The zero-order valence-corrected chi connectivity index (χ0v) is 10.2. The zero-order valence-electron chi connectivity index (χ0n) is 10.2. The van der Waals surface area contributed by atoms with Crippen molar-refractivity contribution in [2.24, 2.45) is 0 Å². The lowest BCUT2D eigenvalue weighted by Gasteiger charge is -2.35. The van der Waals surface area contributed by atoms with E-state index in [0.29, 0.717) is 0 Å². The summed E-state index contributed by atoms with van der Waals surface area (Å²) in [7, 11) is 0. The Balaban J connectivity index is 2.34. The highest BCUT2D eigenvalue weighted by atomic mass is 19.1. The first-order chi connectivity index (χ1) is 8.62. The van der Waals surface area contributed by atoms with Gasteiger partial charge in [0, 0.05) is 11.5 Å². The average molecular weight is 248 g/mol. The predicted octanol–water partition coefficient (Wildman–Crippen LogP) is 3.67. The average Bonchev–Trinajstić information content (AvgIpc) is 2.38. The second-order valence-corrected chi connectivity index (χ2v) is 4.90. The van der Waals surface area contributed by atoms with Crippen LogP contribution < -0.4 is 0 Å². The molecule has 2 nitrogen and oxygen atoms in total. The van der Waals surface area contributed by atoms with Gasteiger partial charge in [-0.2, -0.15) is 0 Å². The van der Waals surface area contributed by atoms with E-state index in [1.807, 2.05) is 0 Å². The van der Waals surface area contributed by atoms with E-state index in [2.05, 4.69) is 0 Å². The lowest BCUT2D eigenvalue weighted by atomic mass is 9.69. The monoisotopic (exact) mass is 248 g/mol. The number of halogens is 1. The van der Waals surface area contributed by atoms with Crippen LogP contribution in [0.2, 0.25) is 0 Å². The van der Waals surface area contributed by atoms with Gasteiger partial charge in [-0.05, 0) is 30.5 Å². The Kier molecular flexibility index (Phi) is 3.80. The summed E-state index contributed by atoms with van der Waals surface area (Å²) in [5.74, 6) is -1.19. The fourth-order valence-corrected chi connectivity index (χ4v) is 2.75. The van der Waals surface area contributed by atoms with Gasteiger partial charge in [0.15, 0.2) is 0 Å². The normalized spacial score (nSPS) is 18.9. The van der Waals surface area contributed by atoms with Crippen molar-refractivity contribution in [1.29, 1.82) is 0 Å². The van der Waals surface area contributed by atoms with E-state index < -0.39 is 5.97 Å². The smallest absolute Gasteiger partial charge is 0.328 e. The van der Waals surface area contributed by atoms with Crippen LogP contribution in [0.15, 0.2) is 36.4 Å². The van der Waals surface area contributed by atoms with Crippen LogP contribution in [-0.2, 0) is 10.2 Å². The fourth-order valence-electron chi connectivity index (χ4n) is 2.75. The Morgan fingerprint density at radius 3 is 2.33 bits per heavy atom. The number of benzene rings is 1. The molecule has 1 aliphatic rings. The topological polar surface area (TPSA) is 37.3 Å². The third-order valence-corrected chi connectivity index (χ3v) is 3.71. The van der Waals surface area contributed by atoms with Crippen molar-refractivity contribution < 1.29 is 14.3 Å². The molecule has 0 aliphatic heterocycles. The van der Waals surface area contributed by atoms with E-state index in [1.165, 1.54) is 24.6 Å². The molecule has 0 spiro atoms. The SMILES string of the molecule is O=C(O)C=CC1(c2ccc(F)cc2)CCCCC1. The van der Waals surface area contributed by atoms with Crippen LogP contribution in [0.1, 0.15) is 37.7 Å². The molecule has 96 valence electrons. The molecule has 1 fully saturated rings. The zero-order chi connectivity index (χ0) is 13.0. The minimum absolute atomic E-state index is 0.232. The molecule has 0 aromatic heterocycles. The molecule has 1 aromatic rings. The summed E-state index contributed by atoms with van der Waals surface area (Å²) in [6, 6.07) is 6.43. The molecule has 0 unspecified atom stereocenters. The number of hydrogen-bond donors (Lipinski definition) is 1. The van der Waals surface area contributed by atoms with Crippen LogP contribution in [-0.4, -0.2) is 11.1 Å². The number of allylic oxidation sites excluding steroid dienone is 1. The first-order valence-electron chi connectivity index (χ1n) is 6.31. The van der Waals surface area contributed by atoms with E-state index in [-0.39, 0.29) is 11.2 Å². The van der Waals surface area contributed by atoms with Gasteiger partial charge in [-0.3, -0.25) is 0 Å². The maximum atomic E-state index is 13.0. The van der Waals surface area contributed by atoms with E-state index in [4.69, 9.17) is 5.11 Å². The second-order valence-electron chi connectivity index (χ2n) is 4.90. The molecule has 18 heavy (non-hydrogen) atoms. The van der Waals surface area contributed by atoms with Crippen LogP contribution in [0, 0.1) is 5.82 Å². The highest BCUT2D eigenvalue weighted by molar-refractivity contribution is 5.80. The van der Waals surface area contributed by atoms with Crippen molar-refractivity contribution in [2.75, 3.05) is 0 Å². The predicted molar refractivity (Wildman–Crippen MR) is 67.9 cm³/mol. The van der Waals surface area contributed by atoms with E-state index in [1.54, 1.807) is 18.2 Å². The number of carboxylic acid groups (broad SMARTS) is 1. The number of carboxylic acids is 1. The fraction of sp³-hybridized carbons (Fsp3) is 0.400. The summed E-state index contributed by atoms with van der Waals surface area (Å²) < 4.78 is 13.0. The number of aliphatic carboxylic acids is 1. The van der Waals surface area contributed by atoms with Gasteiger partial charge in [0.05, 0.1) is 0 Å². The van der Waals surface area contributed by atoms with Crippen LogP contribution in [0.4, 0.5) is 4.39 Å². The van der Waals surface area contributed by atoms with Crippen molar-refractivity contribution in [1.82, 2.24) is 0 Å². The van der Waals surface area contributed by atoms with Crippen LogP contribution in [0.5, 0.6) is 0 Å². The van der Waals surface area contributed by atoms with Crippen molar-refractivity contribution in [3.8, 4) is 0 Å². The molecule has 0 radical (unpaired) electrons. The van der Waals surface area contributed by atoms with Crippen molar-refractivity contribution in [3.05, 3.63) is 47.8 Å². The van der Waals surface area contributed by atoms with Crippen LogP contribution in [0.25, 0.3) is 0 Å². The van der Waals surface area contributed by atoms with Gasteiger partial charge in [-0.25, -0.2) is 9.18 Å². The molecule has 0 heterocycles. The highest BCUT2D eigenvalue weighted by Gasteiger charge is 2.31. The van der Waals surface area contributed by atoms with E-state index in [0.717, 1.165) is 31.2 Å². The van der Waals surface area contributed by atoms with Gasteiger partial charge >= 0.3 is 5.97 Å². The van der Waals surface area contributed by atoms with Gasteiger partial charge < -0.3 is 5.11 Å². The largest absolute Gasteiger partial charge is 0.478 e. The Bertz CT molecular complexity index is 442. The highest BCUT2D eigenvalue weighted by Crippen LogP contribution is 2.40. The number of rotatable bonds is 3. The third kappa shape index (κ3) is 2.78. The minimum Gasteiger partial charge on any atom is -0.478 e. The minimum atomic E-state index is -0.929. The summed E-state index contributed by atoms with van der Waals surface area (Å²) in [4.78, 5) is 10.7. The third-order valence-electron chi connectivity index (χ3n) is 3.71. The Labute approximate surface area is 106 Å². The van der Waals surface area contributed by atoms with Crippen molar-refractivity contribution in [3.63, 3.8) is 0 Å². The summed E-state index contributed by atoms with van der Waals surface area (Å²) in [5.41, 5.74) is 0.783. The van der Waals surface area contributed by atoms with Gasteiger partial charge in [0.1, 0.15) is 5.82 Å². The van der Waals surface area contributed by atoms with Crippen LogP contribution in [0.3, 0.4) is 0 Å². The molecule has 0 saturated heterocycles. The van der Waals surface area contributed by atoms with Gasteiger partial charge in [0.25, 0.3) is 0 Å². The quantitative estimate of drug-likeness (QED) is 0.829. The molecule has 1 N–H and O–H groups in total. The maximum Gasteiger partial charge on any atom is 0.328 e. The molecule has 0 bridgehead atoms. The lowest BCUT2D eigenvalue weighted by Crippen LogP contribution is -2.27. The molecule has 1 saturated carbocycles. The first-order valence-corrected chi connectivity index (χ1v) is 6.31. The molecule has 2 rings (SSSR count). The first kappa shape index (κ1) is 12.8. The molecule has 0 atom stereocenters. The maximum absolute atomic E-state index is 13.0. The molecular weight excluding hydrogens is 231 g/mol. The van der Waals surface area contributed by atoms with Crippen LogP contribution >= 0.6 is 0 Å². The van der Waals surface area contributed by atoms with Crippen molar-refractivity contribution in [2.45, 2.75) is 37.5 Å². The second kappa shape index (κ2) is 5.34. The summed E-state index contributed by atoms with van der Waals surface area (Å²) in [6.45, 7) is 0. The van der Waals surface area contributed by atoms with Gasteiger partial charge in [-0.1, -0.05) is 37.5 Å². The van der Waals surface area contributed by atoms with E-state index >= 15 is 0 Å². The standard InChI is InChI=1S/C15H17FO2/c16-13-6-4-12(5-7-13)15(11-8-14(17)18)9-2-1-3-10-15/h4-8,11H,1-3,9-10H2,(H,17,18). The Morgan fingerprint density at radius 2 is 1.78 bits per heavy atom. The summed E-state index contributed by atoms with van der Waals surface area (Å²) in [6.07, 6.45) is 8.22. The summed E-state index contributed by atoms with van der Waals surface area (Å²) >= 11 is 0. The van der Waals surface area contributed by atoms with Gasteiger partial charge in [0.2, 0.25) is 0 Å². The molecule has 1 aliphatic carbocycles. The number of hydrogen-bond acceptors (Lipinski definition) is 1. The molecule has 0 amide bonds. The molecule has 1 aromatic carbocycles. The molecule has 3 heteroatoms. The van der Waals surface area contributed by atoms with Crippen molar-refractivity contribution >= 4 is 5.97 Å². The Hall–Kier alpha value is -1.64.